The zero-order chi connectivity index (χ0) is 14.5. The molecule has 6 heteroatoms. The second-order valence-electron chi connectivity index (χ2n) is 4.03. The fourth-order valence-corrected chi connectivity index (χ4v) is 1.73. The summed E-state index contributed by atoms with van der Waals surface area (Å²) in [6.45, 7) is 1.67. The van der Waals surface area contributed by atoms with Gasteiger partial charge >= 0.3 is 5.97 Å². The van der Waals surface area contributed by atoms with Crippen molar-refractivity contribution in [2.75, 3.05) is 5.48 Å². The fraction of sp³-hybridized carbons (Fsp3) is 0.143. The first-order chi connectivity index (χ1) is 9.60. The molecule has 0 aliphatic carbocycles. The summed E-state index contributed by atoms with van der Waals surface area (Å²) in [6.07, 6.45) is 1.78. The van der Waals surface area contributed by atoms with Crippen LogP contribution in [0.5, 0.6) is 5.75 Å². The third-order valence-electron chi connectivity index (χ3n) is 2.58. The van der Waals surface area contributed by atoms with Gasteiger partial charge in [-0.15, -0.1) is 0 Å². The minimum Gasteiger partial charge on any atom is -0.504 e. The smallest absolute Gasteiger partial charge is 0.331 e. The van der Waals surface area contributed by atoms with Crippen LogP contribution in [-0.4, -0.2) is 16.1 Å². The highest BCUT2D eigenvalue weighted by molar-refractivity contribution is 6.30. The van der Waals surface area contributed by atoms with E-state index in [4.69, 9.17) is 16.4 Å². The molecule has 0 radical (unpaired) electrons. The van der Waals surface area contributed by atoms with Gasteiger partial charge in [0.2, 0.25) is 5.82 Å². The number of carbonyl (C=O) groups is 1. The van der Waals surface area contributed by atoms with Crippen molar-refractivity contribution in [3.63, 3.8) is 0 Å². The summed E-state index contributed by atoms with van der Waals surface area (Å²) >= 11 is 5.91. The molecule has 0 unspecified atom stereocenters. The van der Waals surface area contributed by atoms with E-state index in [1.54, 1.807) is 25.3 Å². The maximum atomic E-state index is 11.0. The van der Waals surface area contributed by atoms with Crippen LogP contribution in [0.2, 0.25) is 5.02 Å². The highest BCUT2D eigenvalue weighted by Gasteiger charge is 2.08. The van der Waals surface area contributed by atoms with Crippen molar-refractivity contribution in [2.45, 2.75) is 13.3 Å². The number of nitrogens with zero attached hydrogens (tertiary/aromatic N) is 1. The first-order valence-corrected chi connectivity index (χ1v) is 6.38. The first-order valence-electron chi connectivity index (χ1n) is 6.00. The van der Waals surface area contributed by atoms with Crippen LogP contribution < -0.4 is 5.48 Å². The quantitative estimate of drug-likeness (QED) is 0.845. The lowest BCUT2D eigenvalue weighted by atomic mass is 10.1. The minimum atomic E-state index is -0.440. The lowest BCUT2D eigenvalue weighted by molar-refractivity contribution is -0.140. The van der Waals surface area contributed by atoms with Crippen molar-refractivity contribution >= 4 is 23.4 Å². The number of hydrogen-bond donors (Lipinski definition) is 2. The molecule has 0 bridgehead atoms. The van der Waals surface area contributed by atoms with E-state index < -0.39 is 5.97 Å². The van der Waals surface area contributed by atoms with Crippen LogP contribution >= 0.6 is 11.6 Å². The Kier molecular flexibility index (Phi) is 4.42. The lowest BCUT2D eigenvalue weighted by Crippen LogP contribution is -2.09. The maximum Gasteiger partial charge on any atom is 0.331 e. The highest BCUT2D eigenvalue weighted by Crippen LogP contribution is 2.28. The van der Waals surface area contributed by atoms with Gasteiger partial charge in [0.05, 0.1) is 0 Å². The molecule has 1 aromatic heterocycles. The number of benzene rings is 1. The number of nitrogens with one attached hydrogen (secondary N) is 1. The molecule has 0 atom stereocenters. The van der Waals surface area contributed by atoms with Gasteiger partial charge in [0.1, 0.15) is 0 Å². The largest absolute Gasteiger partial charge is 0.504 e. The maximum absolute atomic E-state index is 11.0. The number of rotatable bonds is 4. The van der Waals surface area contributed by atoms with Gasteiger partial charge in [0, 0.05) is 23.2 Å². The molecule has 2 aromatic rings. The Morgan fingerprint density at radius 2 is 2.20 bits per heavy atom. The summed E-state index contributed by atoms with van der Waals surface area (Å²) < 4.78 is 0. The summed E-state index contributed by atoms with van der Waals surface area (Å²) in [7, 11) is 0. The number of pyridine rings is 1. The summed E-state index contributed by atoms with van der Waals surface area (Å²) in [5, 5.41) is 10.5. The van der Waals surface area contributed by atoms with Crippen molar-refractivity contribution in [2.24, 2.45) is 0 Å². The Bertz CT molecular complexity index is 632. The van der Waals surface area contributed by atoms with E-state index in [0.717, 1.165) is 5.56 Å². The number of hydrogen-bond acceptors (Lipinski definition) is 5. The molecule has 0 amide bonds. The first kappa shape index (κ1) is 14.1. The molecule has 0 aliphatic heterocycles. The van der Waals surface area contributed by atoms with Crippen molar-refractivity contribution in [3.05, 3.63) is 41.6 Å². The lowest BCUT2D eigenvalue weighted by Gasteiger charge is -2.08. The van der Waals surface area contributed by atoms with Gasteiger partial charge in [0.25, 0.3) is 0 Å². The normalized spacial score (nSPS) is 10.1. The van der Waals surface area contributed by atoms with E-state index >= 15 is 0 Å². The monoisotopic (exact) mass is 292 g/mol. The Balaban J connectivity index is 2.19. The molecule has 0 saturated carbocycles. The standard InChI is InChI=1S/C14H13ClN2O3/c1-2-13(19)20-17-14-12(18)7-10(8-16-14)9-4-3-5-11(15)6-9/h3-8,18H,2H2,1H3,(H,16,17). The topological polar surface area (TPSA) is 71.5 Å². The van der Waals surface area contributed by atoms with Crippen LogP contribution in [0.15, 0.2) is 36.5 Å². The predicted octanol–water partition coefficient (Wildman–Crippen LogP) is 3.39. The molecule has 0 fully saturated rings. The van der Waals surface area contributed by atoms with E-state index in [0.29, 0.717) is 10.6 Å². The molecule has 0 spiro atoms. The third-order valence-corrected chi connectivity index (χ3v) is 2.81. The highest BCUT2D eigenvalue weighted by atomic mass is 35.5. The number of aromatic hydroxyl groups is 1. The van der Waals surface area contributed by atoms with Gasteiger partial charge in [-0.2, -0.15) is 5.48 Å². The van der Waals surface area contributed by atoms with Crippen LogP contribution in [0, 0.1) is 0 Å². The van der Waals surface area contributed by atoms with E-state index in [2.05, 4.69) is 10.5 Å². The Labute approximate surface area is 121 Å². The minimum absolute atomic E-state index is 0.0811. The average Bonchev–Trinajstić information content (AvgIpc) is 2.45. The molecule has 1 heterocycles. The van der Waals surface area contributed by atoms with Gasteiger partial charge in [-0.1, -0.05) is 30.7 Å². The number of aromatic nitrogens is 1. The van der Waals surface area contributed by atoms with Gasteiger partial charge in [-0.25, -0.2) is 9.78 Å². The Hall–Kier alpha value is -2.27. The zero-order valence-corrected chi connectivity index (χ0v) is 11.5. The van der Waals surface area contributed by atoms with Gasteiger partial charge in [-0.05, 0) is 23.8 Å². The average molecular weight is 293 g/mol. The van der Waals surface area contributed by atoms with E-state index in [1.807, 2.05) is 12.1 Å². The molecular weight excluding hydrogens is 280 g/mol. The third kappa shape index (κ3) is 3.39. The second-order valence-corrected chi connectivity index (χ2v) is 4.47. The van der Waals surface area contributed by atoms with E-state index in [9.17, 15) is 9.90 Å². The van der Waals surface area contributed by atoms with Crippen molar-refractivity contribution < 1.29 is 14.7 Å². The molecule has 104 valence electrons. The van der Waals surface area contributed by atoms with Crippen LogP contribution in [0.4, 0.5) is 5.82 Å². The van der Waals surface area contributed by atoms with Gasteiger partial charge in [-0.3, -0.25) is 0 Å². The number of carbonyl (C=O) groups excluding carboxylic acids is 1. The SMILES string of the molecule is CCC(=O)ONc1ncc(-c2cccc(Cl)c2)cc1O. The van der Waals surface area contributed by atoms with Crippen molar-refractivity contribution in [1.29, 1.82) is 0 Å². The zero-order valence-electron chi connectivity index (χ0n) is 10.8. The Morgan fingerprint density at radius 3 is 2.85 bits per heavy atom. The van der Waals surface area contributed by atoms with Crippen LogP contribution in [0.3, 0.4) is 0 Å². The predicted molar refractivity (Wildman–Crippen MR) is 76.4 cm³/mol. The summed E-state index contributed by atoms with van der Waals surface area (Å²) in [6, 6.07) is 8.71. The van der Waals surface area contributed by atoms with Crippen LogP contribution in [-0.2, 0) is 9.63 Å². The summed E-state index contributed by atoms with van der Waals surface area (Å²) in [4.78, 5) is 19.7. The molecule has 1 aromatic carbocycles. The van der Waals surface area contributed by atoms with Crippen LogP contribution in [0.25, 0.3) is 11.1 Å². The second kappa shape index (κ2) is 6.25. The molecule has 2 N–H and O–H groups in total. The molecule has 2 rings (SSSR count). The van der Waals surface area contributed by atoms with Gasteiger partial charge < -0.3 is 9.94 Å². The summed E-state index contributed by atoms with van der Waals surface area (Å²) in [5.74, 6) is -0.478. The van der Waals surface area contributed by atoms with Crippen molar-refractivity contribution in [1.82, 2.24) is 4.98 Å². The fourth-order valence-electron chi connectivity index (χ4n) is 1.54. The Morgan fingerprint density at radius 1 is 1.40 bits per heavy atom. The number of halogens is 1. The molecule has 20 heavy (non-hydrogen) atoms. The molecule has 5 nitrogen and oxygen atoms in total. The van der Waals surface area contributed by atoms with E-state index in [-0.39, 0.29) is 18.0 Å². The van der Waals surface area contributed by atoms with Gasteiger partial charge in [0.15, 0.2) is 5.75 Å². The molecular formula is C14H13ClN2O3. The van der Waals surface area contributed by atoms with E-state index in [1.165, 1.54) is 6.07 Å². The van der Waals surface area contributed by atoms with Crippen LogP contribution in [0.1, 0.15) is 13.3 Å². The number of anilines is 1. The van der Waals surface area contributed by atoms with Crippen molar-refractivity contribution in [3.8, 4) is 16.9 Å². The molecule has 0 saturated heterocycles. The summed E-state index contributed by atoms with van der Waals surface area (Å²) in [5.41, 5.74) is 3.85. The molecule has 0 aliphatic rings.